The molecule has 0 spiro atoms. The van der Waals surface area contributed by atoms with Crippen LogP contribution in [0.4, 0.5) is 0 Å². The molecular formula is C14H16Cl2N2S. The van der Waals surface area contributed by atoms with Crippen LogP contribution in [-0.2, 0) is 0 Å². The zero-order chi connectivity index (χ0) is 13.9. The lowest BCUT2D eigenvalue weighted by atomic mass is 10.0. The minimum Gasteiger partial charge on any atom is -0.300 e. The predicted octanol–water partition coefficient (Wildman–Crippen LogP) is 4.51. The Hall–Kier alpha value is -0.400. The van der Waals surface area contributed by atoms with Crippen molar-refractivity contribution in [3.8, 4) is 6.07 Å². The lowest BCUT2D eigenvalue weighted by molar-refractivity contribution is 0.436. The molecule has 102 valence electrons. The van der Waals surface area contributed by atoms with Crippen LogP contribution in [-0.4, -0.2) is 17.3 Å². The third-order valence-corrected chi connectivity index (χ3v) is 5.39. The lowest BCUT2D eigenvalue weighted by Crippen LogP contribution is -2.41. The average Bonchev–Trinajstić information content (AvgIpc) is 2.78. The highest BCUT2D eigenvalue weighted by atomic mass is 35.5. The van der Waals surface area contributed by atoms with E-state index in [0.29, 0.717) is 15.3 Å². The number of nitriles is 1. The molecule has 5 heteroatoms. The second-order valence-electron chi connectivity index (χ2n) is 4.78. The van der Waals surface area contributed by atoms with Gasteiger partial charge in [0, 0.05) is 10.1 Å². The number of halogens is 2. The topological polar surface area (TPSA) is 35.8 Å². The summed E-state index contributed by atoms with van der Waals surface area (Å²) >= 11 is 13.7. The van der Waals surface area contributed by atoms with Gasteiger partial charge in [0.1, 0.15) is 5.54 Å². The zero-order valence-electron chi connectivity index (χ0n) is 10.7. The lowest BCUT2D eigenvalue weighted by Gasteiger charge is -2.21. The van der Waals surface area contributed by atoms with Gasteiger partial charge in [0.2, 0.25) is 0 Å². The number of rotatable bonds is 4. The van der Waals surface area contributed by atoms with Crippen LogP contribution >= 0.6 is 35.0 Å². The second kappa shape index (κ2) is 6.37. The van der Waals surface area contributed by atoms with Crippen molar-refractivity contribution in [2.75, 3.05) is 6.54 Å². The number of hydrogen-bond acceptors (Lipinski definition) is 3. The Bertz CT molecular complexity index is 501. The van der Waals surface area contributed by atoms with Crippen molar-refractivity contribution in [3.05, 3.63) is 28.2 Å². The van der Waals surface area contributed by atoms with E-state index in [1.807, 2.05) is 25.1 Å². The van der Waals surface area contributed by atoms with Crippen molar-refractivity contribution in [2.45, 2.75) is 41.9 Å². The summed E-state index contributed by atoms with van der Waals surface area (Å²) in [6.45, 7) is 2.87. The predicted molar refractivity (Wildman–Crippen MR) is 82.0 cm³/mol. The van der Waals surface area contributed by atoms with Crippen LogP contribution in [0.2, 0.25) is 10.0 Å². The fourth-order valence-electron chi connectivity index (χ4n) is 2.48. The molecule has 0 bridgehead atoms. The summed E-state index contributed by atoms with van der Waals surface area (Å²) in [6, 6.07) is 8.15. The molecule has 1 fully saturated rings. The van der Waals surface area contributed by atoms with Gasteiger partial charge in [-0.25, -0.2) is 0 Å². The average molecular weight is 315 g/mol. The van der Waals surface area contributed by atoms with Gasteiger partial charge in [0.05, 0.1) is 16.1 Å². The molecule has 1 aliphatic carbocycles. The summed E-state index contributed by atoms with van der Waals surface area (Å²) in [5.41, 5.74) is -0.345. The van der Waals surface area contributed by atoms with Crippen LogP contribution in [0.3, 0.4) is 0 Å². The van der Waals surface area contributed by atoms with Gasteiger partial charge < -0.3 is 0 Å². The maximum absolute atomic E-state index is 9.35. The number of nitrogens with one attached hydrogen (secondary N) is 1. The molecule has 0 radical (unpaired) electrons. The number of nitrogens with zero attached hydrogens (tertiary/aromatic N) is 1. The van der Waals surface area contributed by atoms with E-state index in [1.165, 1.54) is 0 Å². The second-order valence-corrected chi connectivity index (χ2v) is 6.97. The van der Waals surface area contributed by atoms with E-state index in [0.717, 1.165) is 30.7 Å². The van der Waals surface area contributed by atoms with Crippen LogP contribution < -0.4 is 5.32 Å². The number of thioether (sulfide) groups is 1. The molecule has 2 unspecified atom stereocenters. The first-order valence-corrected chi connectivity index (χ1v) is 8.00. The van der Waals surface area contributed by atoms with Gasteiger partial charge >= 0.3 is 0 Å². The molecule has 1 saturated carbocycles. The summed E-state index contributed by atoms with van der Waals surface area (Å²) in [4.78, 5) is 1.12. The molecule has 0 heterocycles. The van der Waals surface area contributed by atoms with Gasteiger partial charge in [0.15, 0.2) is 0 Å². The third-order valence-electron chi connectivity index (χ3n) is 3.39. The Morgan fingerprint density at radius 3 is 2.89 bits per heavy atom. The highest BCUT2D eigenvalue weighted by molar-refractivity contribution is 8.00. The van der Waals surface area contributed by atoms with Gasteiger partial charge in [-0.3, -0.25) is 5.32 Å². The fourth-order valence-corrected chi connectivity index (χ4v) is 4.17. The van der Waals surface area contributed by atoms with E-state index >= 15 is 0 Å². The van der Waals surface area contributed by atoms with E-state index in [2.05, 4.69) is 11.4 Å². The first-order valence-electron chi connectivity index (χ1n) is 6.36. The van der Waals surface area contributed by atoms with Gasteiger partial charge in [-0.15, -0.1) is 11.8 Å². The van der Waals surface area contributed by atoms with E-state index in [-0.39, 0.29) is 5.54 Å². The Labute approximate surface area is 128 Å². The Kier molecular flexibility index (Phi) is 5.03. The molecule has 1 aromatic carbocycles. The van der Waals surface area contributed by atoms with Crippen LogP contribution in [0.1, 0.15) is 26.2 Å². The van der Waals surface area contributed by atoms with Crippen molar-refractivity contribution in [1.29, 1.82) is 5.26 Å². The normalized spacial score (nSPS) is 26.3. The van der Waals surface area contributed by atoms with Gasteiger partial charge in [-0.1, -0.05) is 30.1 Å². The van der Waals surface area contributed by atoms with E-state index in [9.17, 15) is 5.26 Å². The van der Waals surface area contributed by atoms with Crippen molar-refractivity contribution in [1.82, 2.24) is 5.32 Å². The Balaban J connectivity index is 2.02. The fraction of sp³-hybridized carbons (Fsp3) is 0.500. The summed E-state index contributed by atoms with van der Waals surface area (Å²) in [5, 5.41) is 14.3. The summed E-state index contributed by atoms with van der Waals surface area (Å²) in [5.74, 6) is 0. The SMILES string of the molecule is CCNC1(C#N)CCC(Sc2ccc(Cl)c(Cl)c2)C1. The molecule has 1 aliphatic rings. The van der Waals surface area contributed by atoms with Crippen LogP contribution in [0.25, 0.3) is 0 Å². The van der Waals surface area contributed by atoms with Crippen molar-refractivity contribution < 1.29 is 0 Å². The zero-order valence-corrected chi connectivity index (χ0v) is 13.1. The third kappa shape index (κ3) is 3.58. The van der Waals surface area contributed by atoms with Crippen molar-refractivity contribution in [2.24, 2.45) is 0 Å². The molecule has 1 N–H and O–H groups in total. The molecule has 2 rings (SSSR count). The highest BCUT2D eigenvalue weighted by Gasteiger charge is 2.39. The van der Waals surface area contributed by atoms with Crippen molar-refractivity contribution in [3.63, 3.8) is 0 Å². The van der Waals surface area contributed by atoms with Crippen LogP contribution in [0.5, 0.6) is 0 Å². The molecule has 1 aromatic rings. The molecule has 0 saturated heterocycles. The minimum absolute atomic E-state index is 0.345. The first-order chi connectivity index (χ1) is 9.08. The molecule has 19 heavy (non-hydrogen) atoms. The Morgan fingerprint density at radius 1 is 1.47 bits per heavy atom. The molecule has 2 nitrogen and oxygen atoms in total. The summed E-state index contributed by atoms with van der Waals surface area (Å²) < 4.78 is 0. The maximum atomic E-state index is 9.35. The standard InChI is InChI=1S/C14H16Cl2N2S/c1-2-18-14(9-17)6-5-11(8-14)19-10-3-4-12(15)13(16)7-10/h3-4,7,11,18H,2,5-6,8H2,1H3. The van der Waals surface area contributed by atoms with Crippen LogP contribution in [0, 0.1) is 11.3 Å². The van der Waals surface area contributed by atoms with E-state index in [1.54, 1.807) is 11.8 Å². The first kappa shape index (κ1) is 15.0. The maximum Gasteiger partial charge on any atom is 0.107 e. The van der Waals surface area contributed by atoms with Crippen LogP contribution in [0.15, 0.2) is 23.1 Å². The summed E-state index contributed by atoms with van der Waals surface area (Å²) in [6.07, 6.45) is 2.84. The largest absolute Gasteiger partial charge is 0.300 e. The number of benzene rings is 1. The molecular weight excluding hydrogens is 299 g/mol. The Morgan fingerprint density at radius 2 is 2.26 bits per heavy atom. The number of hydrogen-bond donors (Lipinski definition) is 1. The van der Waals surface area contributed by atoms with Gasteiger partial charge in [0.25, 0.3) is 0 Å². The quantitative estimate of drug-likeness (QED) is 0.888. The van der Waals surface area contributed by atoms with Crippen molar-refractivity contribution >= 4 is 35.0 Å². The smallest absolute Gasteiger partial charge is 0.107 e. The molecule has 0 aliphatic heterocycles. The van der Waals surface area contributed by atoms with E-state index in [4.69, 9.17) is 23.2 Å². The van der Waals surface area contributed by atoms with E-state index < -0.39 is 0 Å². The van der Waals surface area contributed by atoms with Gasteiger partial charge in [-0.05, 0) is 44.0 Å². The molecule has 0 aromatic heterocycles. The minimum atomic E-state index is -0.345. The summed E-state index contributed by atoms with van der Waals surface area (Å²) in [7, 11) is 0. The molecule has 0 amide bonds. The van der Waals surface area contributed by atoms with Gasteiger partial charge in [-0.2, -0.15) is 5.26 Å². The molecule has 2 atom stereocenters. The monoisotopic (exact) mass is 314 g/mol. The highest BCUT2D eigenvalue weighted by Crippen LogP contribution is 2.41.